The highest BCUT2D eigenvalue weighted by Gasteiger charge is 2.39. The lowest BCUT2D eigenvalue weighted by molar-refractivity contribution is -0.117. The van der Waals surface area contributed by atoms with E-state index in [1.54, 1.807) is 24.9 Å². The third-order valence-corrected chi connectivity index (χ3v) is 5.51. The summed E-state index contributed by atoms with van der Waals surface area (Å²) in [5.41, 5.74) is 3.08. The first-order chi connectivity index (χ1) is 14.6. The Kier molecular flexibility index (Phi) is 4.23. The number of nitrogens with one attached hydrogen (secondary N) is 2. The third-order valence-electron chi connectivity index (χ3n) is 5.51. The number of carbonyl (C=O) groups is 1. The number of rotatable bonds is 5. The molecule has 2 atom stereocenters. The number of nitrogens with zero attached hydrogens (tertiary/aromatic N) is 5. The molecule has 0 saturated heterocycles. The Hall–Kier alpha value is -3.75. The van der Waals surface area contributed by atoms with E-state index in [1.165, 1.54) is 0 Å². The summed E-state index contributed by atoms with van der Waals surface area (Å²) in [5, 5.41) is 19.9. The number of methoxy groups -OCH3 is 1. The number of fused-ring (bicyclic) bond motifs is 2. The van der Waals surface area contributed by atoms with Crippen molar-refractivity contribution < 1.29 is 9.53 Å². The minimum atomic E-state index is -0.0135. The van der Waals surface area contributed by atoms with Crippen molar-refractivity contribution in [2.75, 3.05) is 24.8 Å². The molecule has 1 fully saturated rings. The topological polar surface area (TPSA) is 106 Å². The van der Waals surface area contributed by atoms with Gasteiger partial charge in [-0.2, -0.15) is 5.10 Å². The molecule has 0 bridgehead atoms. The van der Waals surface area contributed by atoms with Gasteiger partial charge in [0.2, 0.25) is 5.91 Å². The Balaban J connectivity index is 1.61. The van der Waals surface area contributed by atoms with E-state index in [4.69, 9.17) is 4.74 Å². The Labute approximate surface area is 172 Å². The molecule has 1 amide bonds. The number of amides is 1. The minimum Gasteiger partial charge on any atom is -0.495 e. The van der Waals surface area contributed by atoms with Crippen LogP contribution in [0.2, 0.25) is 0 Å². The number of hydrogen-bond acceptors (Lipinski definition) is 7. The Morgan fingerprint density at radius 2 is 2.10 bits per heavy atom. The zero-order valence-electron chi connectivity index (χ0n) is 16.9. The summed E-state index contributed by atoms with van der Waals surface area (Å²) in [5.74, 6) is 2.22. The number of hydrogen-bond donors (Lipinski definition) is 2. The van der Waals surface area contributed by atoms with Crippen LogP contribution in [-0.2, 0) is 4.79 Å². The van der Waals surface area contributed by atoms with Crippen LogP contribution in [0.1, 0.15) is 13.3 Å². The van der Waals surface area contributed by atoms with E-state index in [2.05, 4.69) is 37.8 Å². The first kappa shape index (κ1) is 18.3. The first-order valence-electron chi connectivity index (χ1n) is 9.76. The summed E-state index contributed by atoms with van der Waals surface area (Å²) in [6.07, 6.45) is 4.48. The molecule has 9 heteroatoms. The molecule has 2 N–H and O–H groups in total. The average Bonchev–Trinajstić information content (AvgIpc) is 3.35. The van der Waals surface area contributed by atoms with Crippen molar-refractivity contribution in [2.24, 2.45) is 11.8 Å². The molecule has 4 aromatic rings. The van der Waals surface area contributed by atoms with Gasteiger partial charge in [-0.3, -0.25) is 4.79 Å². The van der Waals surface area contributed by atoms with E-state index >= 15 is 0 Å². The Bertz CT molecular complexity index is 1280. The van der Waals surface area contributed by atoms with Crippen LogP contribution in [0.25, 0.3) is 27.7 Å². The van der Waals surface area contributed by atoms with Crippen molar-refractivity contribution >= 4 is 34.0 Å². The van der Waals surface area contributed by atoms with Gasteiger partial charge >= 0.3 is 0 Å². The molecule has 1 aliphatic carbocycles. The molecule has 30 heavy (non-hydrogen) atoms. The normalized spacial score (nSPS) is 17.8. The summed E-state index contributed by atoms with van der Waals surface area (Å²) in [7, 11) is 3.40. The Morgan fingerprint density at radius 1 is 1.27 bits per heavy atom. The van der Waals surface area contributed by atoms with E-state index in [0.717, 1.165) is 34.3 Å². The van der Waals surface area contributed by atoms with Gasteiger partial charge in [0.05, 0.1) is 24.5 Å². The predicted octanol–water partition coefficient (Wildman–Crippen LogP) is 2.98. The fraction of sp³-hybridized carbons (Fsp3) is 0.286. The van der Waals surface area contributed by atoms with E-state index in [-0.39, 0.29) is 11.8 Å². The fourth-order valence-electron chi connectivity index (χ4n) is 3.61. The lowest BCUT2D eigenvalue weighted by Crippen LogP contribution is -2.16. The maximum absolute atomic E-state index is 12.3. The minimum absolute atomic E-state index is 0.0135. The van der Waals surface area contributed by atoms with Gasteiger partial charge in [0.15, 0.2) is 11.6 Å². The number of anilines is 2. The largest absolute Gasteiger partial charge is 0.495 e. The summed E-state index contributed by atoms with van der Waals surface area (Å²) in [6.45, 7) is 2.07. The summed E-state index contributed by atoms with van der Waals surface area (Å²) in [6, 6.07) is 7.63. The van der Waals surface area contributed by atoms with Crippen LogP contribution < -0.4 is 15.4 Å². The summed E-state index contributed by atoms with van der Waals surface area (Å²) < 4.78 is 7.04. The van der Waals surface area contributed by atoms with Crippen LogP contribution in [0.3, 0.4) is 0 Å². The van der Waals surface area contributed by atoms with Crippen LogP contribution in [0.15, 0.2) is 36.7 Å². The van der Waals surface area contributed by atoms with Crippen molar-refractivity contribution in [3.63, 3.8) is 0 Å². The lowest BCUT2D eigenvalue weighted by atomic mass is 10.1. The SMILES string of the molecule is CNc1ncc(-c2cc3ccc(OC)cn3n2)c2cc(NC(=O)[C@H]3C[C@H]3C)nnc12. The molecular weight excluding hydrogens is 382 g/mol. The fourth-order valence-corrected chi connectivity index (χ4v) is 3.61. The van der Waals surface area contributed by atoms with E-state index < -0.39 is 0 Å². The molecule has 152 valence electrons. The highest BCUT2D eigenvalue weighted by Crippen LogP contribution is 2.38. The Morgan fingerprint density at radius 3 is 2.83 bits per heavy atom. The molecule has 9 nitrogen and oxygen atoms in total. The monoisotopic (exact) mass is 403 g/mol. The van der Waals surface area contributed by atoms with E-state index in [1.807, 2.05) is 30.5 Å². The molecule has 0 aliphatic heterocycles. The van der Waals surface area contributed by atoms with Crippen molar-refractivity contribution in [3.8, 4) is 17.0 Å². The van der Waals surface area contributed by atoms with Crippen LogP contribution in [0.5, 0.6) is 5.75 Å². The highest BCUT2D eigenvalue weighted by molar-refractivity contribution is 6.01. The number of aromatic nitrogens is 5. The van der Waals surface area contributed by atoms with Gasteiger partial charge in [-0.05, 0) is 36.6 Å². The molecular formula is C21H21N7O2. The van der Waals surface area contributed by atoms with Crippen molar-refractivity contribution in [1.29, 1.82) is 0 Å². The van der Waals surface area contributed by atoms with E-state index in [0.29, 0.717) is 23.1 Å². The predicted molar refractivity (Wildman–Crippen MR) is 114 cm³/mol. The quantitative estimate of drug-likeness (QED) is 0.528. The number of ether oxygens (including phenoxy) is 1. The van der Waals surface area contributed by atoms with Crippen LogP contribution >= 0.6 is 0 Å². The van der Waals surface area contributed by atoms with Crippen LogP contribution in [0, 0.1) is 11.8 Å². The van der Waals surface area contributed by atoms with Crippen LogP contribution in [-0.4, -0.2) is 44.9 Å². The van der Waals surface area contributed by atoms with Gasteiger partial charge in [0.1, 0.15) is 11.3 Å². The maximum atomic E-state index is 12.3. The summed E-state index contributed by atoms with van der Waals surface area (Å²) in [4.78, 5) is 16.8. The molecule has 1 saturated carbocycles. The standard InChI is InChI=1S/C21H21N7O2/c1-11-6-14(11)21(29)24-18-8-15-16(9-23-20(22-2)19(15)26-25-18)17-7-12-4-5-13(30-3)10-28(12)27-17/h4-5,7-11,14H,6H2,1-3H3,(H,22,23)(H,24,25,29)/t11-,14+/m1/s1. The molecule has 1 aliphatic rings. The molecule has 4 aromatic heterocycles. The molecule has 4 heterocycles. The maximum Gasteiger partial charge on any atom is 0.228 e. The molecule has 5 rings (SSSR count). The number of pyridine rings is 2. The zero-order valence-corrected chi connectivity index (χ0v) is 16.9. The van der Waals surface area contributed by atoms with Crippen molar-refractivity contribution in [2.45, 2.75) is 13.3 Å². The molecule has 0 spiro atoms. The summed E-state index contributed by atoms with van der Waals surface area (Å²) >= 11 is 0. The van der Waals surface area contributed by atoms with Gasteiger partial charge in [-0.15, -0.1) is 10.2 Å². The first-order valence-corrected chi connectivity index (χ1v) is 9.76. The van der Waals surface area contributed by atoms with Gasteiger partial charge in [-0.25, -0.2) is 9.50 Å². The van der Waals surface area contributed by atoms with Gasteiger partial charge in [0.25, 0.3) is 0 Å². The number of carbonyl (C=O) groups excluding carboxylic acids is 1. The third kappa shape index (κ3) is 3.08. The van der Waals surface area contributed by atoms with Crippen LogP contribution in [0.4, 0.5) is 11.6 Å². The second-order valence-corrected chi connectivity index (χ2v) is 7.54. The van der Waals surface area contributed by atoms with E-state index in [9.17, 15) is 4.79 Å². The lowest BCUT2D eigenvalue weighted by Gasteiger charge is -2.09. The second-order valence-electron chi connectivity index (χ2n) is 7.54. The smallest absolute Gasteiger partial charge is 0.228 e. The average molecular weight is 403 g/mol. The van der Waals surface area contributed by atoms with Gasteiger partial charge in [-0.1, -0.05) is 6.92 Å². The van der Waals surface area contributed by atoms with Crippen molar-refractivity contribution in [3.05, 3.63) is 36.7 Å². The zero-order chi connectivity index (χ0) is 20.8. The highest BCUT2D eigenvalue weighted by atomic mass is 16.5. The second kappa shape index (κ2) is 6.94. The molecule has 0 aromatic carbocycles. The molecule has 0 radical (unpaired) electrons. The van der Waals surface area contributed by atoms with Gasteiger partial charge < -0.3 is 15.4 Å². The molecule has 0 unspecified atom stereocenters. The van der Waals surface area contributed by atoms with Crippen molar-refractivity contribution in [1.82, 2.24) is 24.8 Å². The van der Waals surface area contributed by atoms with Gasteiger partial charge in [0, 0.05) is 30.1 Å².